The molecular formula is C13H7BrF2N4O2. The molecule has 2 aromatic heterocycles. The number of halogens is 3. The molecule has 9 heteroatoms. The van der Waals surface area contributed by atoms with Crippen molar-refractivity contribution in [3.8, 4) is 0 Å². The summed E-state index contributed by atoms with van der Waals surface area (Å²) in [7, 11) is 0. The minimum Gasteiger partial charge on any atom is -0.476 e. The monoisotopic (exact) mass is 368 g/mol. The van der Waals surface area contributed by atoms with Gasteiger partial charge in [-0.2, -0.15) is 14.0 Å². The molecule has 6 nitrogen and oxygen atoms in total. The molecule has 0 amide bonds. The predicted molar refractivity (Wildman–Crippen MR) is 77.3 cm³/mol. The molecule has 22 heavy (non-hydrogen) atoms. The number of fused-ring (bicyclic) bond motifs is 1. The van der Waals surface area contributed by atoms with Gasteiger partial charge in [0.25, 0.3) is 0 Å². The summed E-state index contributed by atoms with van der Waals surface area (Å²) in [5, 5.41) is 15.3. The lowest BCUT2D eigenvalue weighted by Crippen LogP contribution is -2.12. The number of hydrogen-bond acceptors (Lipinski definition) is 4. The van der Waals surface area contributed by atoms with Crippen LogP contribution in [-0.4, -0.2) is 25.7 Å². The molecule has 0 radical (unpaired) electrons. The highest BCUT2D eigenvalue weighted by Gasteiger charge is 2.22. The molecule has 3 rings (SSSR count). The van der Waals surface area contributed by atoms with Gasteiger partial charge in [0.15, 0.2) is 11.3 Å². The van der Waals surface area contributed by atoms with E-state index in [2.05, 4.69) is 31.3 Å². The van der Waals surface area contributed by atoms with Crippen LogP contribution in [0.2, 0.25) is 0 Å². The summed E-state index contributed by atoms with van der Waals surface area (Å²) in [6, 6.07) is 5.40. The van der Waals surface area contributed by atoms with Crippen molar-refractivity contribution in [1.29, 1.82) is 0 Å². The number of aromatic carboxylic acids is 1. The molecule has 0 unspecified atom stereocenters. The Kier molecular flexibility index (Phi) is 3.49. The summed E-state index contributed by atoms with van der Waals surface area (Å²) >= 11 is 3.10. The number of carboxylic acids is 1. The highest BCUT2D eigenvalue weighted by Crippen LogP contribution is 2.27. The number of rotatable bonds is 3. The molecule has 0 saturated heterocycles. The van der Waals surface area contributed by atoms with Crippen LogP contribution in [0.4, 0.5) is 20.2 Å². The van der Waals surface area contributed by atoms with E-state index in [1.54, 1.807) is 0 Å². The number of carbonyl (C=O) groups is 1. The Balaban J connectivity index is 2.18. The van der Waals surface area contributed by atoms with E-state index >= 15 is 0 Å². The van der Waals surface area contributed by atoms with Crippen molar-refractivity contribution in [3.63, 3.8) is 0 Å². The molecule has 0 aliphatic heterocycles. The summed E-state index contributed by atoms with van der Waals surface area (Å²) in [6.07, 6.45) is 1.28. The van der Waals surface area contributed by atoms with E-state index in [0.717, 1.165) is 4.52 Å². The van der Waals surface area contributed by atoms with Crippen LogP contribution in [-0.2, 0) is 0 Å². The first kappa shape index (κ1) is 14.4. The largest absolute Gasteiger partial charge is 0.476 e. The lowest BCUT2D eigenvalue weighted by Gasteiger charge is -2.12. The van der Waals surface area contributed by atoms with E-state index in [4.69, 9.17) is 0 Å². The maximum Gasteiger partial charge on any atom is 0.356 e. The Bertz CT molecular complexity index is 897. The van der Waals surface area contributed by atoms with Crippen LogP contribution in [0.15, 0.2) is 34.9 Å². The van der Waals surface area contributed by atoms with Gasteiger partial charge in [0, 0.05) is 10.5 Å². The van der Waals surface area contributed by atoms with Crippen molar-refractivity contribution in [2.75, 3.05) is 5.32 Å². The van der Waals surface area contributed by atoms with Crippen LogP contribution in [0, 0.1) is 11.8 Å². The van der Waals surface area contributed by atoms with Crippen LogP contribution in [0.1, 0.15) is 10.5 Å². The first-order chi connectivity index (χ1) is 10.5. The van der Waals surface area contributed by atoms with Gasteiger partial charge in [-0.15, -0.1) is 0 Å². The summed E-state index contributed by atoms with van der Waals surface area (Å²) < 4.78 is 29.6. The molecule has 1 aromatic carbocycles. The van der Waals surface area contributed by atoms with Gasteiger partial charge < -0.3 is 10.4 Å². The van der Waals surface area contributed by atoms with Gasteiger partial charge in [-0.25, -0.2) is 14.2 Å². The number of aromatic nitrogens is 3. The maximum absolute atomic E-state index is 14.4. The average Bonchev–Trinajstić information content (AvgIpc) is 2.92. The molecule has 3 aromatic rings. The minimum absolute atomic E-state index is 0.0386. The number of benzene rings is 1. The lowest BCUT2D eigenvalue weighted by atomic mass is 10.2. The fourth-order valence-corrected chi connectivity index (χ4v) is 2.23. The number of anilines is 2. The molecule has 0 aliphatic carbocycles. The highest BCUT2D eigenvalue weighted by molar-refractivity contribution is 9.10. The molecule has 0 saturated carbocycles. The van der Waals surface area contributed by atoms with Gasteiger partial charge in [-0.1, -0.05) is 15.9 Å². The van der Waals surface area contributed by atoms with E-state index in [0.29, 0.717) is 4.47 Å². The third kappa shape index (κ3) is 2.39. The van der Waals surface area contributed by atoms with Crippen LogP contribution < -0.4 is 5.32 Å². The van der Waals surface area contributed by atoms with E-state index in [-0.39, 0.29) is 11.3 Å². The lowest BCUT2D eigenvalue weighted by molar-refractivity contribution is 0.0691. The van der Waals surface area contributed by atoms with Crippen LogP contribution in [0.5, 0.6) is 0 Å². The molecule has 0 spiro atoms. The smallest absolute Gasteiger partial charge is 0.356 e. The maximum atomic E-state index is 14.4. The summed E-state index contributed by atoms with van der Waals surface area (Å²) in [4.78, 5) is 15.1. The summed E-state index contributed by atoms with van der Waals surface area (Å²) in [6.45, 7) is 0. The van der Waals surface area contributed by atoms with Crippen LogP contribution in [0.3, 0.4) is 0 Å². The highest BCUT2D eigenvalue weighted by atomic mass is 79.9. The Morgan fingerprint density at radius 1 is 1.32 bits per heavy atom. The van der Waals surface area contributed by atoms with Gasteiger partial charge >= 0.3 is 5.97 Å². The van der Waals surface area contributed by atoms with Crippen LogP contribution in [0.25, 0.3) is 5.65 Å². The predicted octanol–water partition coefficient (Wildman–Crippen LogP) is 3.21. The third-order valence-electron chi connectivity index (χ3n) is 2.87. The number of nitrogens with one attached hydrogen (secondary N) is 1. The van der Waals surface area contributed by atoms with E-state index < -0.39 is 29.1 Å². The van der Waals surface area contributed by atoms with Gasteiger partial charge in [-0.3, -0.25) is 0 Å². The average molecular weight is 369 g/mol. The fourth-order valence-electron chi connectivity index (χ4n) is 1.90. The zero-order valence-electron chi connectivity index (χ0n) is 10.7. The van der Waals surface area contributed by atoms with Crippen molar-refractivity contribution in [3.05, 3.63) is 52.4 Å². The first-order valence-electron chi connectivity index (χ1n) is 5.96. The normalized spacial score (nSPS) is 10.9. The number of carboxylic acid groups (broad SMARTS) is 1. The Morgan fingerprint density at radius 3 is 2.77 bits per heavy atom. The molecule has 112 valence electrons. The zero-order chi connectivity index (χ0) is 15.9. The van der Waals surface area contributed by atoms with Crippen molar-refractivity contribution in [2.24, 2.45) is 0 Å². The van der Waals surface area contributed by atoms with Crippen LogP contribution >= 0.6 is 15.9 Å². The second kappa shape index (κ2) is 5.34. The first-order valence-corrected chi connectivity index (χ1v) is 6.75. The molecule has 2 N–H and O–H groups in total. The van der Waals surface area contributed by atoms with Gasteiger partial charge in [0.2, 0.25) is 5.95 Å². The van der Waals surface area contributed by atoms with Gasteiger partial charge in [-0.05, 0) is 18.2 Å². The van der Waals surface area contributed by atoms with E-state index in [9.17, 15) is 18.7 Å². The van der Waals surface area contributed by atoms with E-state index in [1.807, 2.05) is 0 Å². The van der Waals surface area contributed by atoms with Crippen molar-refractivity contribution < 1.29 is 18.7 Å². The second-order valence-electron chi connectivity index (χ2n) is 4.28. The molecule has 2 heterocycles. The van der Waals surface area contributed by atoms with Gasteiger partial charge in [0.05, 0.1) is 11.9 Å². The molecule has 0 fully saturated rings. The number of hydrogen-bond donors (Lipinski definition) is 2. The Labute approximate surface area is 130 Å². The fraction of sp³-hybridized carbons (Fsp3) is 0. The third-order valence-corrected chi connectivity index (χ3v) is 3.36. The molecular weight excluding hydrogens is 362 g/mol. The molecule has 0 aliphatic rings. The van der Waals surface area contributed by atoms with Crippen molar-refractivity contribution >= 4 is 38.9 Å². The Hall–Kier alpha value is -2.55. The van der Waals surface area contributed by atoms with Crippen molar-refractivity contribution in [1.82, 2.24) is 14.6 Å². The second-order valence-corrected chi connectivity index (χ2v) is 5.20. The van der Waals surface area contributed by atoms with Crippen molar-refractivity contribution in [2.45, 2.75) is 0 Å². The molecule has 0 bridgehead atoms. The standard InChI is InChI=1S/C13H7BrF2N4O2/c14-6-1-2-8(7(15)5-6)18-10-11(13(21)22)19-9-3-4-17-20(9)12(10)16/h1-5,18H,(H,21,22). The SMILES string of the molecule is O=C(O)c1nc2ccnn2c(F)c1Nc1ccc(Br)cc1F. The Morgan fingerprint density at radius 2 is 2.09 bits per heavy atom. The summed E-state index contributed by atoms with van der Waals surface area (Å²) in [5.41, 5.74) is -1.08. The van der Waals surface area contributed by atoms with Gasteiger partial charge in [0.1, 0.15) is 11.5 Å². The van der Waals surface area contributed by atoms with E-state index in [1.165, 1.54) is 30.5 Å². The number of nitrogens with zero attached hydrogens (tertiary/aromatic N) is 3. The zero-order valence-corrected chi connectivity index (χ0v) is 12.3. The summed E-state index contributed by atoms with van der Waals surface area (Å²) in [5.74, 6) is -3.09. The molecule has 0 atom stereocenters. The minimum atomic E-state index is -1.44. The quantitative estimate of drug-likeness (QED) is 0.694. The topological polar surface area (TPSA) is 79.5 Å².